The average Bonchev–Trinajstić information content (AvgIpc) is 3.61. The van der Waals surface area contributed by atoms with Crippen molar-refractivity contribution >= 4 is 11.3 Å². The Kier molecular flexibility index (Phi) is 7.27. The van der Waals surface area contributed by atoms with Crippen LogP contribution in [0.1, 0.15) is 25.7 Å². The van der Waals surface area contributed by atoms with E-state index in [2.05, 4.69) is 15.0 Å². The van der Waals surface area contributed by atoms with Crippen molar-refractivity contribution in [2.45, 2.75) is 32.3 Å². The van der Waals surface area contributed by atoms with Crippen molar-refractivity contribution in [2.75, 3.05) is 25.1 Å². The summed E-state index contributed by atoms with van der Waals surface area (Å²) in [6.45, 7) is -1.49. The lowest BCUT2D eigenvalue weighted by Gasteiger charge is -2.14. The van der Waals surface area contributed by atoms with Crippen molar-refractivity contribution in [1.29, 1.82) is 0 Å². The van der Waals surface area contributed by atoms with E-state index in [4.69, 9.17) is 14.9 Å². The Balaban J connectivity index is 1.44. The number of aromatic nitrogens is 3. The number of nitrogens with one attached hydrogen (secondary N) is 1. The first-order chi connectivity index (χ1) is 17.6. The summed E-state index contributed by atoms with van der Waals surface area (Å²) in [4.78, 5) is 4.46. The fourth-order valence-corrected chi connectivity index (χ4v) is 3.98. The monoisotopic (exact) mass is 494 g/mol. The minimum atomic E-state index is -2.93. The Morgan fingerprint density at radius 3 is 2.72 bits per heavy atom. The number of nitrogens with zero attached hydrogens (tertiary/aromatic N) is 3. The number of hydrogen-bond donors (Lipinski definition) is 2. The van der Waals surface area contributed by atoms with Gasteiger partial charge in [-0.25, -0.2) is 9.50 Å². The molecule has 0 amide bonds. The largest absolute Gasteiger partial charge is 0.489 e. The van der Waals surface area contributed by atoms with E-state index in [1.165, 1.54) is 6.07 Å². The quantitative estimate of drug-likeness (QED) is 0.248. The van der Waals surface area contributed by atoms with Crippen molar-refractivity contribution in [1.82, 2.24) is 14.6 Å². The number of aliphatic hydroxyl groups is 1. The van der Waals surface area contributed by atoms with Crippen molar-refractivity contribution in [3.8, 4) is 34.0 Å². The first kappa shape index (κ1) is 24.0. The van der Waals surface area contributed by atoms with E-state index < -0.39 is 6.61 Å². The van der Waals surface area contributed by atoms with Crippen LogP contribution >= 0.6 is 0 Å². The van der Waals surface area contributed by atoms with Gasteiger partial charge in [0.2, 0.25) is 0 Å². The molecule has 4 aromatic rings. The van der Waals surface area contributed by atoms with E-state index in [-0.39, 0.29) is 18.1 Å². The highest BCUT2D eigenvalue weighted by molar-refractivity contribution is 5.71. The number of ether oxygens (including phenoxy) is 2. The number of halogens is 2. The van der Waals surface area contributed by atoms with E-state index in [1.807, 2.05) is 36.4 Å². The van der Waals surface area contributed by atoms with Crippen molar-refractivity contribution in [3.05, 3.63) is 60.8 Å². The molecule has 1 aliphatic rings. The molecule has 0 saturated heterocycles. The molecule has 0 bridgehead atoms. The number of hydrogen-bond acceptors (Lipinski definition) is 6. The fraction of sp³-hybridized carbons (Fsp3) is 0.333. The molecule has 0 aliphatic heterocycles. The summed E-state index contributed by atoms with van der Waals surface area (Å²) < 4.78 is 38.1. The molecule has 7 nitrogen and oxygen atoms in total. The van der Waals surface area contributed by atoms with Crippen LogP contribution in [0.2, 0.25) is 0 Å². The minimum Gasteiger partial charge on any atom is -0.489 e. The molecule has 0 radical (unpaired) electrons. The summed E-state index contributed by atoms with van der Waals surface area (Å²) in [6.07, 6.45) is 5.52. The van der Waals surface area contributed by atoms with Crippen LogP contribution in [0.3, 0.4) is 0 Å². The molecule has 1 aliphatic carbocycles. The molecule has 9 heteroatoms. The zero-order valence-electron chi connectivity index (χ0n) is 19.7. The second-order valence-corrected chi connectivity index (χ2v) is 8.86. The van der Waals surface area contributed by atoms with Gasteiger partial charge in [0.25, 0.3) is 0 Å². The Bertz CT molecular complexity index is 1320. The van der Waals surface area contributed by atoms with Gasteiger partial charge in [-0.15, -0.1) is 0 Å². The smallest absolute Gasteiger partial charge is 0.387 e. The maximum Gasteiger partial charge on any atom is 0.387 e. The van der Waals surface area contributed by atoms with Gasteiger partial charge in [0.05, 0.1) is 18.0 Å². The minimum absolute atomic E-state index is 0.0177. The second-order valence-electron chi connectivity index (χ2n) is 8.86. The van der Waals surface area contributed by atoms with E-state index in [9.17, 15) is 8.78 Å². The maximum absolute atomic E-state index is 12.9. The summed E-state index contributed by atoms with van der Waals surface area (Å²) in [5.41, 5.74) is 4.85. The van der Waals surface area contributed by atoms with Gasteiger partial charge in [-0.3, -0.25) is 0 Å². The van der Waals surface area contributed by atoms with E-state index >= 15 is 0 Å². The predicted molar refractivity (Wildman–Crippen MR) is 134 cm³/mol. The topological polar surface area (TPSA) is 80.9 Å². The van der Waals surface area contributed by atoms with Gasteiger partial charge in [-0.2, -0.15) is 13.9 Å². The van der Waals surface area contributed by atoms with E-state index in [0.29, 0.717) is 18.2 Å². The molecular weight excluding hydrogens is 466 g/mol. The summed E-state index contributed by atoms with van der Waals surface area (Å²) in [5, 5.41) is 17.1. The van der Waals surface area contributed by atoms with Crippen LogP contribution < -0.4 is 14.8 Å². The number of rotatable bonds is 12. The van der Waals surface area contributed by atoms with Crippen LogP contribution in [0.15, 0.2) is 60.8 Å². The molecule has 188 valence electrons. The Morgan fingerprint density at radius 1 is 1.03 bits per heavy atom. The Hall–Kier alpha value is -3.72. The highest BCUT2D eigenvalue weighted by atomic mass is 19.3. The van der Waals surface area contributed by atoms with Gasteiger partial charge in [0.15, 0.2) is 17.1 Å². The normalized spacial score (nSPS) is 13.3. The van der Waals surface area contributed by atoms with Crippen molar-refractivity contribution in [3.63, 3.8) is 0 Å². The van der Waals surface area contributed by atoms with Gasteiger partial charge in [0.1, 0.15) is 0 Å². The standard InChI is InChI=1S/C27H28F2N4O3/c28-27(29)36-24-9-8-20(15-25(24)35-17-18-6-7-18)23-10-12-31-26-16-22(32-33(23)26)19-4-3-5-21(14-19)30-11-1-2-13-34/h3-5,8-10,12,14-16,18,27,30,34H,1-2,6-7,11,13,17H2. The van der Waals surface area contributed by atoms with Gasteiger partial charge >= 0.3 is 6.61 Å². The first-order valence-electron chi connectivity index (χ1n) is 12.1. The Labute approximate surface area is 207 Å². The molecule has 1 saturated carbocycles. The van der Waals surface area contributed by atoms with Crippen molar-refractivity contribution < 1.29 is 23.4 Å². The van der Waals surface area contributed by atoms with Gasteiger partial charge < -0.3 is 19.9 Å². The maximum atomic E-state index is 12.9. The number of alkyl halides is 2. The lowest BCUT2D eigenvalue weighted by molar-refractivity contribution is -0.0515. The molecule has 0 unspecified atom stereocenters. The number of benzene rings is 2. The van der Waals surface area contributed by atoms with Crippen LogP contribution in [0.5, 0.6) is 11.5 Å². The lowest BCUT2D eigenvalue weighted by atomic mass is 10.1. The zero-order valence-corrected chi connectivity index (χ0v) is 19.7. The van der Waals surface area contributed by atoms with Gasteiger partial charge in [-0.1, -0.05) is 12.1 Å². The summed E-state index contributed by atoms with van der Waals surface area (Å²) in [5.74, 6) is 0.774. The third kappa shape index (κ3) is 5.73. The first-order valence-corrected chi connectivity index (χ1v) is 12.1. The second kappa shape index (κ2) is 10.9. The van der Waals surface area contributed by atoms with Crippen LogP contribution in [0.4, 0.5) is 14.5 Å². The lowest BCUT2D eigenvalue weighted by Crippen LogP contribution is -2.06. The van der Waals surface area contributed by atoms with Crippen molar-refractivity contribution in [2.24, 2.45) is 5.92 Å². The number of fused-ring (bicyclic) bond motifs is 1. The Morgan fingerprint density at radius 2 is 1.92 bits per heavy atom. The van der Waals surface area contributed by atoms with Crippen LogP contribution in [0.25, 0.3) is 28.2 Å². The summed E-state index contributed by atoms with van der Waals surface area (Å²) in [7, 11) is 0. The predicted octanol–water partition coefficient (Wildman–Crippen LogP) is 5.64. The molecule has 5 rings (SSSR count). The molecule has 0 spiro atoms. The van der Waals surface area contributed by atoms with Crippen LogP contribution in [-0.4, -0.2) is 46.1 Å². The molecule has 2 heterocycles. The summed E-state index contributed by atoms with van der Waals surface area (Å²) in [6, 6.07) is 16.7. The van der Waals surface area contributed by atoms with Gasteiger partial charge in [0, 0.05) is 42.2 Å². The average molecular weight is 495 g/mol. The SMILES string of the molecule is OCCCCNc1cccc(-c2cc3nccc(-c4ccc(OC(F)F)c(OCC5CC5)c4)n3n2)c1. The molecule has 2 aromatic heterocycles. The molecular formula is C27H28F2N4O3. The highest BCUT2D eigenvalue weighted by Gasteiger charge is 2.23. The van der Waals surface area contributed by atoms with Crippen LogP contribution in [-0.2, 0) is 0 Å². The van der Waals surface area contributed by atoms with Gasteiger partial charge in [-0.05, 0) is 68.0 Å². The van der Waals surface area contributed by atoms with Crippen LogP contribution in [0, 0.1) is 5.92 Å². The fourth-order valence-electron chi connectivity index (χ4n) is 3.98. The van der Waals surface area contributed by atoms with E-state index in [1.54, 1.807) is 22.8 Å². The third-order valence-electron chi connectivity index (χ3n) is 6.06. The molecule has 2 aromatic carbocycles. The number of unbranched alkanes of at least 4 members (excludes halogenated alkanes) is 1. The molecule has 36 heavy (non-hydrogen) atoms. The molecule has 0 atom stereocenters. The molecule has 1 fully saturated rings. The number of anilines is 1. The molecule has 2 N–H and O–H groups in total. The van der Waals surface area contributed by atoms with E-state index in [0.717, 1.165) is 60.4 Å². The zero-order chi connectivity index (χ0) is 24.9. The summed E-state index contributed by atoms with van der Waals surface area (Å²) >= 11 is 0. The number of aliphatic hydroxyl groups excluding tert-OH is 1. The highest BCUT2D eigenvalue weighted by Crippen LogP contribution is 2.36. The third-order valence-corrected chi connectivity index (χ3v) is 6.06.